The molecule has 3 aromatic rings. The predicted molar refractivity (Wildman–Crippen MR) is 90.4 cm³/mol. The molecule has 1 N–H and O–H groups in total. The third-order valence-electron chi connectivity index (χ3n) is 4.27. The van der Waals surface area contributed by atoms with Crippen LogP contribution in [0.25, 0.3) is 11.0 Å². The SMILES string of the molecule is O=C(NCCn1ncc2c1CCOC2)c1cc2ccccc2oc1=O. The van der Waals surface area contributed by atoms with Crippen LogP contribution in [0.1, 0.15) is 21.6 Å². The molecule has 7 nitrogen and oxygen atoms in total. The highest BCUT2D eigenvalue weighted by Gasteiger charge is 2.16. The van der Waals surface area contributed by atoms with E-state index < -0.39 is 11.5 Å². The van der Waals surface area contributed by atoms with Gasteiger partial charge in [-0.1, -0.05) is 18.2 Å². The van der Waals surface area contributed by atoms with Crippen molar-refractivity contribution >= 4 is 16.9 Å². The first-order chi connectivity index (χ1) is 12.2. The molecule has 0 bridgehead atoms. The number of rotatable bonds is 4. The second kappa shape index (κ2) is 6.52. The van der Waals surface area contributed by atoms with Gasteiger partial charge in [-0.25, -0.2) is 4.79 Å². The number of aromatic nitrogens is 2. The summed E-state index contributed by atoms with van der Waals surface area (Å²) in [6.45, 7) is 2.18. The predicted octanol–water partition coefficient (Wildman–Crippen LogP) is 1.49. The topological polar surface area (TPSA) is 86.4 Å². The number of para-hydroxylation sites is 1. The molecule has 0 unspecified atom stereocenters. The molecule has 0 spiro atoms. The highest BCUT2D eigenvalue weighted by molar-refractivity contribution is 5.96. The van der Waals surface area contributed by atoms with Crippen LogP contribution in [-0.2, 0) is 24.3 Å². The third kappa shape index (κ3) is 3.06. The van der Waals surface area contributed by atoms with Gasteiger partial charge in [-0.3, -0.25) is 9.48 Å². The molecule has 0 saturated carbocycles. The first-order valence-corrected chi connectivity index (χ1v) is 8.15. The minimum absolute atomic E-state index is 0.00888. The Balaban J connectivity index is 1.45. The molecule has 0 fully saturated rings. The van der Waals surface area contributed by atoms with Crippen molar-refractivity contribution in [2.45, 2.75) is 19.6 Å². The molecule has 1 aliphatic rings. The molecular formula is C18H17N3O4. The zero-order valence-electron chi connectivity index (χ0n) is 13.5. The molecule has 0 aliphatic carbocycles. The van der Waals surface area contributed by atoms with E-state index in [2.05, 4.69) is 10.4 Å². The van der Waals surface area contributed by atoms with Gasteiger partial charge in [-0.2, -0.15) is 5.10 Å². The van der Waals surface area contributed by atoms with Crippen molar-refractivity contribution in [2.24, 2.45) is 0 Å². The van der Waals surface area contributed by atoms with Crippen molar-refractivity contribution in [3.63, 3.8) is 0 Å². The summed E-state index contributed by atoms with van der Waals surface area (Å²) in [5.74, 6) is -0.441. The van der Waals surface area contributed by atoms with E-state index >= 15 is 0 Å². The lowest BCUT2D eigenvalue weighted by Gasteiger charge is -2.14. The van der Waals surface area contributed by atoms with Gasteiger partial charge < -0.3 is 14.5 Å². The molecule has 0 saturated heterocycles. The highest BCUT2D eigenvalue weighted by atomic mass is 16.5. The maximum Gasteiger partial charge on any atom is 0.349 e. The molecule has 4 rings (SSSR count). The van der Waals surface area contributed by atoms with Gasteiger partial charge in [-0.05, 0) is 12.1 Å². The van der Waals surface area contributed by atoms with E-state index in [4.69, 9.17) is 9.15 Å². The zero-order valence-corrected chi connectivity index (χ0v) is 13.5. The van der Waals surface area contributed by atoms with E-state index in [-0.39, 0.29) is 5.56 Å². The van der Waals surface area contributed by atoms with Gasteiger partial charge in [0.05, 0.1) is 26.0 Å². The van der Waals surface area contributed by atoms with Crippen LogP contribution in [0.3, 0.4) is 0 Å². The van der Waals surface area contributed by atoms with Crippen molar-refractivity contribution in [1.82, 2.24) is 15.1 Å². The molecule has 1 aliphatic heterocycles. The fourth-order valence-corrected chi connectivity index (χ4v) is 2.99. The number of carbonyl (C=O) groups excluding carboxylic acids is 1. The lowest BCUT2D eigenvalue weighted by Crippen LogP contribution is -2.31. The molecule has 0 radical (unpaired) electrons. The summed E-state index contributed by atoms with van der Waals surface area (Å²) in [4.78, 5) is 24.3. The maximum absolute atomic E-state index is 12.3. The van der Waals surface area contributed by atoms with E-state index in [1.54, 1.807) is 30.5 Å². The minimum Gasteiger partial charge on any atom is -0.422 e. The fourth-order valence-electron chi connectivity index (χ4n) is 2.99. The quantitative estimate of drug-likeness (QED) is 0.728. The Morgan fingerprint density at radius 3 is 3.12 bits per heavy atom. The van der Waals surface area contributed by atoms with Crippen molar-refractivity contribution in [2.75, 3.05) is 13.2 Å². The van der Waals surface area contributed by atoms with E-state index in [0.717, 1.165) is 17.7 Å². The highest BCUT2D eigenvalue weighted by Crippen LogP contribution is 2.16. The van der Waals surface area contributed by atoms with Gasteiger partial charge in [0, 0.05) is 29.6 Å². The van der Waals surface area contributed by atoms with E-state index in [9.17, 15) is 9.59 Å². The molecule has 0 atom stereocenters. The Bertz CT molecular complexity index is 989. The molecular weight excluding hydrogens is 322 g/mol. The van der Waals surface area contributed by atoms with Crippen molar-refractivity contribution in [3.05, 3.63) is 63.8 Å². The first-order valence-electron chi connectivity index (χ1n) is 8.15. The van der Waals surface area contributed by atoms with Gasteiger partial charge >= 0.3 is 5.63 Å². The Kier molecular flexibility index (Phi) is 4.07. The summed E-state index contributed by atoms with van der Waals surface area (Å²) >= 11 is 0. The van der Waals surface area contributed by atoms with Crippen molar-refractivity contribution in [1.29, 1.82) is 0 Å². The monoisotopic (exact) mass is 339 g/mol. The summed E-state index contributed by atoms with van der Waals surface area (Å²) < 4.78 is 12.5. The Morgan fingerprint density at radius 2 is 2.20 bits per heavy atom. The number of hydrogen-bond donors (Lipinski definition) is 1. The maximum atomic E-state index is 12.3. The summed E-state index contributed by atoms with van der Waals surface area (Å²) in [6, 6.07) is 8.66. The first kappa shape index (κ1) is 15.6. The molecule has 128 valence electrons. The molecule has 25 heavy (non-hydrogen) atoms. The van der Waals surface area contributed by atoms with Crippen LogP contribution in [0.5, 0.6) is 0 Å². The number of nitrogens with one attached hydrogen (secondary N) is 1. The standard InChI is InChI=1S/C18H17N3O4/c22-17(14-9-12-3-1-2-4-16(12)25-18(14)23)19-6-7-21-15-5-8-24-11-13(15)10-20-21/h1-4,9-10H,5-8,11H2,(H,19,22). The van der Waals surface area contributed by atoms with E-state index in [1.807, 2.05) is 10.7 Å². The normalized spacial score (nSPS) is 13.6. The zero-order chi connectivity index (χ0) is 17.2. The van der Waals surface area contributed by atoms with Crippen LogP contribution < -0.4 is 10.9 Å². The van der Waals surface area contributed by atoms with Gasteiger partial charge in [0.15, 0.2) is 0 Å². The molecule has 1 amide bonds. The van der Waals surface area contributed by atoms with Crippen LogP contribution in [0.15, 0.2) is 45.7 Å². The number of fused-ring (bicyclic) bond motifs is 2. The van der Waals surface area contributed by atoms with Crippen molar-refractivity contribution in [3.8, 4) is 0 Å². The minimum atomic E-state index is -0.634. The van der Waals surface area contributed by atoms with Crippen LogP contribution in [0, 0.1) is 0 Å². The number of ether oxygens (including phenoxy) is 1. The largest absolute Gasteiger partial charge is 0.422 e. The van der Waals surface area contributed by atoms with Gasteiger partial charge in [-0.15, -0.1) is 0 Å². The number of carbonyl (C=O) groups is 1. The van der Waals surface area contributed by atoms with E-state index in [1.165, 1.54) is 0 Å². The Labute approximate surface area is 143 Å². The summed E-state index contributed by atoms with van der Waals surface area (Å²) in [5.41, 5.74) is 2.08. The molecule has 1 aromatic carbocycles. The van der Waals surface area contributed by atoms with Crippen LogP contribution in [0.4, 0.5) is 0 Å². The number of amides is 1. The number of hydrogen-bond acceptors (Lipinski definition) is 5. The average molecular weight is 339 g/mol. The average Bonchev–Trinajstić information content (AvgIpc) is 3.04. The lowest BCUT2D eigenvalue weighted by molar-refractivity contribution is 0.0947. The molecule has 7 heteroatoms. The van der Waals surface area contributed by atoms with Crippen LogP contribution >= 0.6 is 0 Å². The number of nitrogens with zero attached hydrogens (tertiary/aromatic N) is 2. The summed E-state index contributed by atoms with van der Waals surface area (Å²) in [6.07, 6.45) is 2.62. The lowest BCUT2D eigenvalue weighted by atomic mass is 10.1. The smallest absolute Gasteiger partial charge is 0.349 e. The molecule has 2 aromatic heterocycles. The van der Waals surface area contributed by atoms with E-state index in [0.29, 0.717) is 37.3 Å². The fraction of sp³-hybridized carbons (Fsp3) is 0.278. The van der Waals surface area contributed by atoms with Crippen LogP contribution in [0.2, 0.25) is 0 Å². The van der Waals surface area contributed by atoms with Crippen LogP contribution in [-0.4, -0.2) is 28.8 Å². The second-order valence-electron chi connectivity index (χ2n) is 5.88. The van der Waals surface area contributed by atoms with Crippen molar-refractivity contribution < 1.29 is 13.9 Å². The Morgan fingerprint density at radius 1 is 1.32 bits per heavy atom. The van der Waals surface area contributed by atoms with Gasteiger partial charge in [0.25, 0.3) is 5.91 Å². The third-order valence-corrected chi connectivity index (χ3v) is 4.27. The second-order valence-corrected chi connectivity index (χ2v) is 5.88. The molecule has 3 heterocycles. The number of benzene rings is 1. The van der Waals surface area contributed by atoms with Gasteiger partial charge in [0.2, 0.25) is 0 Å². The van der Waals surface area contributed by atoms with Gasteiger partial charge in [0.1, 0.15) is 11.1 Å². The summed E-state index contributed by atoms with van der Waals surface area (Å²) in [5, 5.41) is 7.81. The Hall–Kier alpha value is -2.93. The summed E-state index contributed by atoms with van der Waals surface area (Å²) in [7, 11) is 0.